The molecule has 9 heavy (non-hydrogen) atoms. The standard InChI is InChI=1S/C5H8N4/c1-3-4-5-6-8-9(2)7-5/h3H,1,4H2,2H3. The van der Waals surface area contributed by atoms with E-state index in [1.54, 1.807) is 13.1 Å². The maximum atomic E-state index is 3.92. The third-order valence-electron chi connectivity index (χ3n) is 0.877. The first-order valence-electron chi connectivity index (χ1n) is 2.66. The Bertz CT molecular complexity index is 202. The number of hydrogen-bond donors (Lipinski definition) is 0. The highest BCUT2D eigenvalue weighted by molar-refractivity contribution is 4.86. The van der Waals surface area contributed by atoms with Gasteiger partial charge in [-0.15, -0.1) is 16.8 Å². The van der Waals surface area contributed by atoms with Crippen LogP contribution < -0.4 is 0 Å². The number of tetrazole rings is 1. The fourth-order valence-electron chi connectivity index (χ4n) is 0.534. The first-order valence-corrected chi connectivity index (χ1v) is 2.66. The van der Waals surface area contributed by atoms with Crippen LogP contribution in [0.25, 0.3) is 0 Å². The predicted octanol–water partition coefficient (Wildman–Crippen LogP) is -0.0614. The first kappa shape index (κ1) is 5.94. The molecule has 0 unspecified atom stereocenters. The van der Waals surface area contributed by atoms with E-state index in [4.69, 9.17) is 0 Å². The van der Waals surface area contributed by atoms with Crippen molar-refractivity contribution in [1.82, 2.24) is 20.2 Å². The van der Waals surface area contributed by atoms with Crippen molar-refractivity contribution in [2.75, 3.05) is 0 Å². The number of aryl methyl sites for hydroxylation is 1. The molecule has 48 valence electrons. The Labute approximate surface area is 53.2 Å². The van der Waals surface area contributed by atoms with Crippen LogP contribution in [-0.4, -0.2) is 20.2 Å². The average Bonchev–Trinajstić information content (AvgIpc) is 2.17. The summed E-state index contributed by atoms with van der Waals surface area (Å²) in [6, 6.07) is 0. The van der Waals surface area contributed by atoms with Crippen molar-refractivity contribution in [3.8, 4) is 0 Å². The summed E-state index contributed by atoms with van der Waals surface area (Å²) in [6.45, 7) is 3.55. The fourth-order valence-corrected chi connectivity index (χ4v) is 0.534. The van der Waals surface area contributed by atoms with E-state index in [-0.39, 0.29) is 0 Å². The zero-order valence-corrected chi connectivity index (χ0v) is 5.28. The van der Waals surface area contributed by atoms with Gasteiger partial charge in [0.1, 0.15) is 0 Å². The average molecular weight is 124 g/mol. The maximum absolute atomic E-state index is 3.92. The SMILES string of the molecule is C=CCc1nnn(C)n1. The maximum Gasteiger partial charge on any atom is 0.178 e. The van der Waals surface area contributed by atoms with Gasteiger partial charge >= 0.3 is 0 Å². The van der Waals surface area contributed by atoms with E-state index in [1.807, 2.05) is 0 Å². The molecule has 0 saturated carbocycles. The van der Waals surface area contributed by atoms with Crippen LogP contribution in [0.5, 0.6) is 0 Å². The van der Waals surface area contributed by atoms with E-state index in [0.717, 1.165) is 0 Å². The topological polar surface area (TPSA) is 43.6 Å². The van der Waals surface area contributed by atoms with Crippen molar-refractivity contribution in [1.29, 1.82) is 0 Å². The molecule has 1 rings (SSSR count). The van der Waals surface area contributed by atoms with Gasteiger partial charge in [-0.3, -0.25) is 0 Å². The summed E-state index contributed by atoms with van der Waals surface area (Å²) in [6.07, 6.45) is 2.44. The largest absolute Gasteiger partial charge is 0.178 e. The van der Waals surface area contributed by atoms with Crippen molar-refractivity contribution in [2.45, 2.75) is 6.42 Å². The Balaban J connectivity index is 2.72. The van der Waals surface area contributed by atoms with E-state index in [9.17, 15) is 0 Å². The van der Waals surface area contributed by atoms with Gasteiger partial charge in [0.05, 0.1) is 7.05 Å². The third kappa shape index (κ3) is 1.35. The van der Waals surface area contributed by atoms with Crippen molar-refractivity contribution in [3.05, 3.63) is 18.5 Å². The number of rotatable bonds is 2. The number of aromatic nitrogens is 4. The monoisotopic (exact) mass is 124 g/mol. The minimum Gasteiger partial charge on any atom is -0.167 e. The zero-order valence-electron chi connectivity index (χ0n) is 5.28. The van der Waals surface area contributed by atoms with Gasteiger partial charge in [-0.05, 0) is 5.21 Å². The van der Waals surface area contributed by atoms with Gasteiger partial charge in [0.15, 0.2) is 5.82 Å². The number of nitrogens with zero attached hydrogens (tertiary/aromatic N) is 4. The van der Waals surface area contributed by atoms with Crippen molar-refractivity contribution in [3.63, 3.8) is 0 Å². The first-order chi connectivity index (χ1) is 4.33. The Kier molecular flexibility index (Phi) is 1.58. The second-order valence-corrected chi connectivity index (χ2v) is 1.69. The van der Waals surface area contributed by atoms with Gasteiger partial charge in [0, 0.05) is 6.42 Å². The lowest BCUT2D eigenvalue weighted by molar-refractivity contribution is 0.628. The summed E-state index contributed by atoms with van der Waals surface area (Å²) < 4.78 is 0. The molecule has 0 atom stereocenters. The molecule has 1 heterocycles. The highest BCUT2D eigenvalue weighted by Gasteiger charge is 1.93. The Morgan fingerprint density at radius 3 is 3.00 bits per heavy atom. The van der Waals surface area contributed by atoms with Gasteiger partial charge in [-0.1, -0.05) is 6.08 Å². The molecule has 0 aliphatic carbocycles. The minimum absolute atomic E-state index is 0.688. The highest BCUT2D eigenvalue weighted by atomic mass is 15.6. The molecular formula is C5H8N4. The van der Waals surface area contributed by atoms with Gasteiger partial charge in [-0.2, -0.15) is 4.80 Å². The predicted molar refractivity (Wildman–Crippen MR) is 32.7 cm³/mol. The molecular weight excluding hydrogens is 116 g/mol. The van der Waals surface area contributed by atoms with Crippen molar-refractivity contribution in [2.24, 2.45) is 7.05 Å². The number of hydrogen-bond acceptors (Lipinski definition) is 3. The van der Waals surface area contributed by atoms with Gasteiger partial charge < -0.3 is 0 Å². The lowest BCUT2D eigenvalue weighted by atomic mass is 10.4. The summed E-state index contributed by atoms with van der Waals surface area (Å²) in [5.74, 6) is 0.715. The van der Waals surface area contributed by atoms with Crippen molar-refractivity contribution >= 4 is 0 Å². The van der Waals surface area contributed by atoms with E-state index in [1.165, 1.54) is 4.80 Å². The molecule has 0 aliphatic heterocycles. The van der Waals surface area contributed by atoms with Crippen LogP contribution in [0.2, 0.25) is 0 Å². The van der Waals surface area contributed by atoms with Gasteiger partial charge in [0.2, 0.25) is 0 Å². The second-order valence-electron chi connectivity index (χ2n) is 1.69. The molecule has 0 spiro atoms. The molecule has 0 amide bonds. The normalized spacial score (nSPS) is 9.44. The van der Waals surface area contributed by atoms with Gasteiger partial charge in [-0.25, -0.2) is 0 Å². The van der Waals surface area contributed by atoms with E-state index in [2.05, 4.69) is 22.0 Å². The molecule has 0 fully saturated rings. The van der Waals surface area contributed by atoms with Crippen LogP contribution >= 0.6 is 0 Å². The summed E-state index contributed by atoms with van der Waals surface area (Å²) in [4.78, 5) is 1.43. The van der Waals surface area contributed by atoms with Crippen LogP contribution in [0.15, 0.2) is 12.7 Å². The Morgan fingerprint density at radius 1 is 1.78 bits per heavy atom. The lowest BCUT2D eigenvalue weighted by Crippen LogP contribution is -1.92. The molecule has 4 heteroatoms. The molecule has 0 radical (unpaired) electrons. The summed E-state index contributed by atoms with van der Waals surface area (Å²) in [5, 5.41) is 11.3. The third-order valence-corrected chi connectivity index (χ3v) is 0.877. The van der Waals surface area contributed by atoms with Crippen LogP contribution in [0.4, 0.5) is 0 Å². The number of allylic oxidation sites excluding steroid dienone is 1. The van der Waals surface area contributed by atoms with Crippen molar-refractivity contribution < 1.29 is 0 Å². The van der Waals surface area contributed by atoms with Crippen LogP contribution in [-0.2, 0) is 13.5 Å². The molecule has 0 bridgehead atoms. The molecule has 4 nitrogen and oxygen atoms in total. The highest BCUT2D eigenvalue weighted by Crippen LogP contribution is 1.85. The molecule has 0 aromatic carbocycles. The van der Waals surface area contributed by atoms with E-state index in [0.29, 0.717) is 12.2 Å². The Hall–Kier alpha value is -1.19. The van der Waals surface area contributed by atoms with E-state index >= 15 is 0 Å². The summed E-state index contributed by atoms with van der Waals surface area (Å²) in [5.41, 5.74) is 0. The van der Waals surface area contributed by atoms with Gasteiger partial charge in [0.25, 0.3) is 0 Å². The second kappa shape index (κ2) is 2.39. The lowest BCUT2D eigenvalue weighted by Gasteiger charge is -1.79. The summed E-state index contributed by atoms with van der Waals surface area (Å²) in [7, 11) is 1.74. The molecule has 1 aromatic rings. The van der Waals surface area contributed by atoms with Crippen LogP contribution in [0.3, 0.4) is 0 Å². The summed E-state index contributed by atoms with van der Waals surface area (Å²) >= 11 is 0. The molecule has 0 N–H and O–H groups in total. The van der Waals surface area contributed by atoms with Crippen LogP contribution in [0, 0.1) is 0 Å². The molecule has 1 aromatic heterocycles. The molecule has 0 saturated heterocycles. The fraction of sp³-hybridized carbons (Fsp3) is 0.400. The van der Waals surface area contributed by atoms with E-state index < -0.39 is 0 Å². The van der Waals surface area contributed by atoms with Crippen LogP contribution in [0.1, 0.15) is 5.82 Å². The molecule has 0 aliphatic rings. The smallest absolute Gasteiger partial charge is 0.167 e. The zero-order chi connectivity index (χ0) is 6.69. The minimum atomic E-state index is 0.688. The quantitative estimate of drug-likeness (QED) is 0.519. The Morgan fingerprint density at radius 2 is 2.56 bits per heavy atom.